The summed E-state index contributed by atoms with van der Waals surface area (Å²) < 4.78 is 5.90. The number of nitrogens with one attached hydrogen (secondary N) is 1. The highest BCUT2D eigenvalue weighted by Crippen LogP contribution is 2.12. The zero-order chi connectivity index (χ0) is 13.1. The number of hydrogen-bond donors (Lipinski definition) is 1. The third-order valence-corrected chi connectivity index (χ3v) is 3.00. The van der Waals surface area contributed by atoms with E-state index >= 15 is 0 Å². The van der Waals surface area contributed by atoms with Gasteiger partial charge in [0, 0.05) is 17.6 Å². The molecule has 0 aliphatic heterocycles. The van der Waals surface area contributed by atoms with Gasteiger partial charge in [-0.3, -0.25) is 9.48 Å². The molecule has 1 amide bonds. The van der Waals surface area contributed by atoms with Crippen molar-refractivity contribution in [3.05, 3.63) is 29.0 Å². The number of carbonyl (C=O) groups is 1. The maximum atomic E-state index is 11.9. The van der Waals surface area contributed by atoms with Gasteiger partial charge >= 0.3 is 0 Å². The van der Waals surface area contributed by atoms with Crippen LogP contribution in [-0.4, -0.2) is 20.1 Å². The fourth-order valence-electron chi connectivity index (χ4n) is 1.57. The van der Waals surface area contributed by atoms with Crippen LogP contribution in [0.25, 0.3) is 0 Å². The Morgan fingerprint density at radius 3 is 2.94 bits per heavy atom. The highest BCUT2D eigenvalue weighted by molar-refractivity contribution is 7.05. The number of anilines is 1. The van der Waals surface area contributed by atoms with Crippen LogP contribution in [0.5, 0.6) is 0 Å². The Labute approximate surface area is 110 Å². The molecule has 0 aliphatic carbocycles. The number of hydrogen-bond acceptors (Lipinski definition) is 4. The first-order chi connectivity index (χ1) is 8.54. The van der Waals surface area contributed by atoms with Crippen molar-refractivity contribution in [2.75, 3.05) is 5.32 Å². The van der Waals surface area contributed by atoms with Gasteiger partial charge in [-0.25, -0.2) is 0 Å². The van der Waals surface area contributed by atoms with E-state index in [1.165, 1.54) is 11.5 Å². The number of rotatable bonds is 4. The van der Waals surface area contributed by atoms with E-state index in [-0.39, 0.29) is 5.91 Å². The molecule has 0 saturated heterocycles. The first-order valence-corrected chi connectivity index (χ1v) is 6.59. The summed E-state index contributed by atoms with van der Waals surface area (Å²) in [6, 6.07) is 1.78. The van der Waals surface area contributed by atoms with Crippen molar-refractivity contribution in [3.8, 4) is 0 Å². The van der Waals surface area contributed by atoms with E-state index in [1.807, 2.05) is 17.8 Å². The third kappa shape index (κ3) is 3.16. The maximum Gasteiger partial charge on any atom is 0.275 e. The molecule has 0 spiro atoms. The zero-order valence-electron chi connectivity index (χ0n) is 10.7. The maximum absolute atomic E-state index is 11.9. The van der Waals surface area contributed by atoms with Crippen molar-refractivity contribution in [2.45, 2.75) is 27.3 Å². The van der Waals surface area contributed by atoms with E-state index in [1.54, 1.807) is 12.3 Å². The van der Waals surface area contributed by atoms with Crippen LogP contribution in [0.3, 0.4) is 0 Å². The van der Waals surface area contributed by atoms with Crippen molar-refractivity contribution in [2.24, 2.45) is 5.92 Å². The van der Waals surface area contributed by atoms with Crippen LogP contribution in [0, 0.1) is 12.8 Å². The molecule has 0 saturated carbocycles. The molecule has 0 fully saturated rings. The summed E-state index contributed by atoms with van der Waals surface area (Å²) in [7, 11) is 0. The van der Waals surface area contributed by atoms with Crippen molar-refractivity contribution in [3.63, 3.8) is 0 Å². The van der Waals surface area contributed by atoms with E-state index in [0.717, 1.165) is 11.4 Å². The van der Waals surface area contributed by atoms with E-state index in [9.17, 15) is 4.79 Å². The molecule has 0 unspecified atom stereocenters. The van der Waals surface area contributed by atoms with Crippen LogP contribution in [0.4, 0.5) is 5.69 Å². The second-order valence-electron chi connectivity index (χ2n) is 4.62. The summed E-state index contributed by atoms with van der Waals surface area (Å²) in [6.45, 7) is 7.01. The average molecular weight is 264 g/mol. The first kappa shape index (κ1) is 12.8. The van der Waals surface area contributed by atoms with Crippen LogP contribution < -0.4 is 5.32 Å². The molecule has 0 aliphatic rings. The summed E-state index contributed by atoms with van der Waals surface area (Å²) in [6.07, 6.45) is 3.48. The molecule has 18 heavy (non-hydrogen) atoms. The van der Waals surface area contributed by atoms with E-state index in [2.05, 4.69) is 28.6 Å². The van der Waals surface area contributed by atoms with Crippen molar-refractivity contribution >= 4 is 23.1 Å². The third-order valence-electron chi connectivity index (χ3n) is 2.30. The molecule has 96 valence electrons. The average Bonchev–Trinajstić information content (AvgIpc) is 2.87. The molecule has 0 atom stereocenters. The topological polar surface area (TPSA) is 59.8 Å². The lowest BCUT2D eigenvalue weighted by Crippen LogP contribution is -2.11. The molecule has 2 rings (SSSR count). The predicted molar refractivity (Wildman–Crippen MR) is 71.9 cm³/mol. The van der Waals surface area contributed by atoms with Crippen LogP contribution in [-0.2, 0) is 6.54 Å². The largest absolute Gasteiger partial charge is 0.318 e. The van der Waals surface area contributed by atoms with Gasteiger partial charge in [-0.2, -0.15) is 9.47 Å². The SMILES string of the molecule is Cc1cc(C(=O)Nc2cnn(CC(C)C)c2)ns1. The number of nitrogens with zero attached hydrogens (tertiary/aromatic N) is 3. The van der Waals surface area contributed by atoms with Crippen LogP contribution >= 0.6 is 11.5 Å². The number of carbonyl (C=O) groups excluding carboxylic acids is 1. The second-order valence-corrected chi connectivity index (χ2v) is 5.63. The molecule has 1 N–H and O–H groups in total. The van der Waals surface area contributed by atoms with Gasteiger partial charge in [0.25, 0.3) is 5.91 Å². The van der Waals surface area contributed by atoms with Gasteiger partial charge < -0.3 is 5.32 Å². The van der Waals surface area contributed by atoms with Gasteiger partial charge in [0.05, 0.1) is 11.9 Å². The Bertz CT molecular complexity index is 544. The molecule has 5 nitrogen and oxygen atoms in total. The zero-order valence-corrected chi connectivity index (χ0v) is 11.5. The van der Waals surface area contributed by atoms with Crippen molar-refractivity contribution < 1.29 is 4.79 Å². The lowest BCUT2D eigenvalue weighted by atomic mass is 10.2. The minimum Gasteiger partial charge on any atom is -0.318 e. The summed E-state index contributed by atoms with van der Waals surface area (Å²) in [4.78, 5) is 12.9. The molecule has 6 heteroatoms. The standard InChI is InChI=1S/C12H16N4OS/c1-8(2)6-16-7-10(5-13-16)14-12(17)11-4-9(3)18-15-11/h4-5,7-8H,6H2,1-3H3,(H,14,17). The monoisotopic (exact) mass is 264 g/mol. The number of aryl methyl sites for hydroxylation is 1. The molecular weight excluding hydrogens is 248 g/mol. The van der Waals surface area contributed by atoms with Gasteiger partial charge in [-0.15, -0.1) is 0 Å². The normalized spacial score (nSPS) is 10.9. The molecule has 0 bridgehead atoms. The smallest absolute Gasteiger partial charge is 0.275 e. The van der Waals surface area contributed by atoms with Gasteiger partial charge in [0.15, 0.2) is 0 Å². The summed E-state index contributed by atoms with van der Waals surface area (Å²) in [5, 5.41) is 6.98. The van der Waals surface area contributed by atoms with Crippen LogP contribution in [0.1, 0.15) is 29.2 Å². The fourth-order valence-corrected chi connectivity index (χ4v) is 2.11. The molecule has 2 aromatic heterocycles. The van der Waals surface area contributed by atoms with Gasteiger partial charge in [0.1, 0.15) is 5.69 Å². The Kier molecular flexibility index (Phi) is 3.76. The highest BCUT2D eigenvalue weighted by atomic mass is 32.1. The Morgan fingerprint density at radius 2 is 2.33 bits per heavy atom. The fraction of sp³-hybridized carbons (Fsp3) is 0.417. The quantitative estimate of drug-likeness (QED) is 0.923. The highest BCUT2D eigenvalue weighted by Gasteiger charge is 2.10. The molecule has 0 radical (unpaired) electrons. The lowest BCUT2D eigenvalue weighted by molar-refractivity contribution is 0.102. The van der Waals surface area contributed by atoms with Crippen molar-refractivity contribution in [1.29, 1.82) is 0 Å². The lowest BCUT2D eigenvalue weighted by Gasteiger charge is -2.03. The number of aromatic nitrogens is 3. The predicted octanol–water partition coefficient (Wildman–Crippen LogP) is 2.56. The molecular formula is C12H16N4OS. The van der Waals surface area contributed by atoms with E-state index < -0.39 is 0 Å². The minimum atomic E-state index is -0.191. The van der Waals surface area contributed by atoms with Crippen LogP contribution in [0.15, 0.2) is 18.5 Å². The van der Waals surface area contributed by atoms with Gasteiger partial charge in [-0.1, -0.05) is 13.8 Å². The molecule has 0 aromatic carbocycles. The Hall–Kier alpha value is -1.69. The summed E-state index contributed by atoms with van der Waals surface area (Å²) in [5.74, 6) is 0.332. The van der Waals surface area contributed by atoms with Crippen molar-refractivity contribution in [1.82, 2.24) is 14.2 Å². The summed E-state index contributed by atoms with van der Waals surface area (Å²) in [5.41, 5.74) is 1.15. The Morgan fingerprint density at radius 1 is 1.56 bits per heavy atom. The Balaban J connectivity index is 2.01. The van der Waals surface area contributed by atoms with Crippen LogP contribution in [0.2, 0.25) is 0 Å². The molecule has 2 aromatic rings. The van der Waals surface area contributed by atoms with Gasteiger partial charge in [-0.05, 0) is 30.4 Å². The number of amides is 1. The van der Waals surface area contributed by atoms with E-state index in [0.29, 0.717) is 17.3 Å². The first-order valence-electron chi connectivity index (χ1n) is 5.81. The molecule has 2 heterocycles. The second kappa shape index (κ2) is 5.30. The summed E-state index contributed by atoms with van der Waals surface area (Å²) >= 11 is 1.33. The van der Waals surface area contributed by atoms with Gasteiger partial charge in [0.2, 0.25) is 0 Å². The van der Waals surface area contributed by atoms with E-state index in [4.69, 9.17) is 0 Å². The minimum absolute atomic E-state index is 0.191.